The van der Waals surface area contributed by atoms with Gasteiger partial charge in [-0.2, -0.15) is 5.10 Å². The van der Waals surface area contributed by atoms with Gasteiger partial charge in [-0.3, -0.25) is 9.59 Å². The normalized spacial score (nSPS) is 15.1. The number of amides is 2. The summed E-state index contributed by atoms with van der Waals surface area (Å²) in [5, 5.41) is 8.47. The molecule has 1 fully saturated rings. The second-order valence-corrected chi connectivity index (χ2v) is 8.60. The summed E-state index contributed by atoms with van der Waals surface area (Å²) in [4.78, 5) is 30.3. The molecule has 30 heavy (non-hydrogen) atoms. The van der Waals surface area contributed by atoms with Gasteiger partial charge in [0.15, 0.2) is 0 Å². The number of aromatic nitrogens is 3. The predicted octanol–water partition coefficient (Wildman–Crippen LogP) is 4.13. The number of anilines is 1. The quantitative estimate of drug-likeness (QED) is 0.667. The van der Waals surface area contributed by atoms with Crippen LogP contribution in [0.3, 0.4) is 0 Å². The minimum absolute atomic E-state index is 0.00779. The first-order valence-electron chi connectivity index (χ1n) is 10.6. The Hall–Kier alpha value is -3.09. The Labute approximate surface area is 176 Å². The lowest BCUT2D eigenvalue weighted by atomic mass is 10.0. The van der Waals surface area contributed by atoms with E-state index >= 15 is 0 Å². The van der Waals surface area contributed by atoms with Crippen molar-refractivity contribution in [3.8, 4) is 0 Å². The summed E-state index contributed by atoms with van der Waals surface area (Å²) in [6, 6.07) is 10.1. The third-order valence-corrected chi connectivity index (χ3v) is 5.64. The van der Waals surface area contributed by atoms with Crippen molar-refractivity contribution < 1.29 is 9.59 Å². The van der Waals surface area contributed by atoms with E-state index in [4.69, 9.17) is 0 Å². The Bertz CT molecular complexity index is 1060. The van der Waals surface area contributed by atoms with Gasteiger partial charge in [0.25, 0.3) is 5.91 Å². The molecule has 4 rings (SSSR count). The van der Waals surface area contributed by atoms with E-state index in [2.05, 4.69) is 21.5 Å². The van der Waals surface area contributed by atoms with Crippen LogP contribution < -0.4 is 5.32 Å². The zero-order chi connectivity index (χ0) is 21.3. The number of rotatable bonds is 5. The van der Waals surface area contributed by atoms with Crippen molar-refractivity contribution >= 4 is 28.5 Å². The summed E-state index contributed by atoms with van der Waals surface area (Å²) < 4.78 is 1.89. The summed E-state index contributed by atoms with van der Waals surface area (Å²) in [6.07, 6.45) is 3.82. The monoisotopic (exact) mass is 407 g/mol. The molecule has 0 saturated carbocycles. The highest BCUT2D eigenvalue weighted by molar-refractivity contribution is 5.98. The maximum atomic E-state index is 13.0. The average molecular weight is 408 g/mol. The topological polar surface area (TPSA) is 83.0 Å². The first-order chi connectivity index (χ1) is 14.4. The number of H-pyrrole nitrogens is 1. The number of piperidine rings is 1. The Morgan fingerprint density at radius 1 is 1.20 bits per heavy atom. The van der Waals surface area contributed by atoms with E-state index in [1.54, 1.807) is 6.20 Å². The molecule has 158 valence electrons. The van der Waals surface area contributed by atoms with E-state index in [0.717, 1.165) is 29.6 Å². The molecule has 3 heterocycles. The fraction of sp³-hybridized carbons (Fsp3) is 0.435. The Morgan fingerprint density at radius 3 is 2.70 bits per heavy atom. The molecular formula is C23H29N5O2. The summed E-state index contributed by atoms with van der Waals surface area (Å²) in [5.74, 6) is 1.09. The van der Waals surface area contributed by atoms with Gasteiger partial charge in [0.2, 0.25) is 5.91 Å². The van der Waals surface area contributed by atoms with E-state index in [9.17, 15) is 9.59 Å². The molecule has 0 bridgehead atoms. The molecule has 1 aliphatic rings. The lowest BCUT2D eigenvalue weighted by Crippen LogP contribution is -2.39. The van der Waals surface area contributed by atoms with Crippen molar-refractivity contribution in [1.29, 1.82) is 0 Å². The van der Waals surface area contributed by atoms with Crippen LogP contribution >= 0.6 is 0 Å². The van der Waals surface area contributed by atoms with Crippen LogP contribution in [0.15, 0.2) is 36.5 Å². The first kappa shape index (κ1) is 20.2. The summed E-state index contributed by atoms with van der Waals surface area (Å²) >= 11 is 0. The summed E-state index contributed by atoms with van der Waals surface area (Å²) in [6.45, 7) is 7.43. The number of hydrogen-bond donors (Lipinski definition) is 2. The van der Waals surface area contributed by atoms with E-state index in [-0.39, 0.29) is 17.9 Å². The highest BCUT2D eigenvalue weighted by atomic mass is 16.2. The molecule has 0 spiro atoms. The molecule has 0 aliphatic carbocycles. The van der Waals surface area contributed by atoms with Gasteiger partial charge >= 0.3 is 0 Å². The van der Waals surface area contributed by atoms with Crippen molar-refractivity contribution in [2.24, 2.45) is 5.92 Å². The molecule has 2 amide bonds. The first-order valence-corrected chi connectivity index (χ1v) is 10.6. The van der Waals surface area contributed by atoms with E-state index in [0.29, 0.717) is 31.1 Å². The molecule has 2 aromatic heterocycles. The van der Waals surface area contributed by atoms with Crippen molar-refractivity contribution in [1.82, 2.24) is 19.7 Å². The molecular weight excluding hydrogens is 378 g/mol. The fourth-order valence-corrected chi connectivity index (χ4v) is 4.12. The predicted molar refractivity (Wildman–Crippen MR) is 118 cm³/mol. The van der Waals surface area contributed by atoms with Crippen molar-refractivity contribution in [2.75, 3.05) is 18.4 Å². The second-order valence-electron chi connectivity index (χ2n) is 8.60. The van der Waals surface area contributed by atoms with Gasteiger partial charge in [-0.15, -0.1) is 0 Å². The fourth-order valence-electron chi connectivity index (χ4n) is 4.12. The van der Waals surface area contributed by atoms with Crippen LogP contribution in [0.5, 0.6) is 0 Å². The van der Waals surface area contributed by atoms with Crippen LogP contribution in [0.25, 0.3) is 10.9 Å². The molecule has 1 aliphatic heterocycles. The van der Waals surface area contributed by atoms with Crippen molar-refractivity contribution in [3.63, 3.8) is 0 Å². The highest BCUT2D eigenvalue weighted by Gasteiger charge is 2.27. The van der Waals surface area contributed by atoms with Gasteiger partial charge in [-0.05, 0) is 43.9 Å². The average Bonchev–Trinajstić information content (AvgIpc) is 3.33. The maximum Gasteiger partial charge on any atom is 0.270 e. The SMILES string of the molecule is Cc1ccc2[nH]c(C(=O)N3CCC(n4nccc4NC(=O)CC(C)C)CC3)cc2c1. The number of benzene rings is 1. The van der Waals surface area contributed by atoms with Crippen LogP contribution in [-0.4, -0.2) is 44.6 Å². The highest BCUT2D eigenvalue weighted by Crippen LogP contribution is 2.27. The van der Waals surface area contributed by atoms with Gasteiger partial charge in [-0.1, -0.05) is 25.5 Å². The van der Waals surface area contributed by atoms with Crippen molar-refractivity contribution in [3.05, 3.63) is 47.8 Å². The van der Waals surface area contributed by atoms with Gasteiger partial charge in [0.1, 0.15) is 11.5 Å². The van der Waals surface area contributed by atoms with Crippen LogP contribution in [0.2, 0.25) is 0 Å². The third kappa shape index (κ3) is 4.25. The molecule has 0 atom stereocenters. The van der Waals surface area contributed by atoms with E-state index in [1.165, 1.54) is 5.56 Å². The smallest absolute Gasteiger partial charge is 0.270 e. The largest absolute Gasteiger partial charge is 0.351 e. The summed E-state index contributed by atoms with van der Waals surface area (Å²) in [7, 11) is 0. The number of nitrogens with one attached hydrogen (secondary N) is 2. The lowest BCUT2D eigenvalue weighted by Gasteiger charge is -2.32. The number of hydrogen-bond acceptors (Lipinski definition) is 3. The number of fused-ring (bicyclic) bond motifs is 1. The van der Waals surface area contributed by atoms with Gasteiger partial charge < -0.3 is 15.2 Å². The zero-order valence-electron chi connectivity index (χ0n) is 17.8. The van der Waals surface area contributed by atoms with Crippen LogP contribution in [-0.2, 0) is 4.79 Å². The third-order valence-electron chi connectivity index (χ3n) is 5.64. The standard InChI is InChI=1S/C23H29N5O2/c1-15(2)12-22(29)26-21-6-9-24-28(21)18-7-10-27(11-8-18)23(30)20-14-17-13-16(3)4-5-19(17)25-20/h4-6,9,13-15,18,25H,7-8,10-12H2,1-3H3,(H,26,29). The molecule has 1 saturated heterocycles. The molecule has 3 aromatic rings. The Kier molecular flexibility index (Phi) is 5.61. The molecule has 7 nitrogen and oxygen atoms in total. The zero-order valence-corrected chi connectivity index (χ0v) is 17.8. The van der Waals surface area contributed by atoms with Crippen molar-refractivity contribution in [2.45, 2.75) is 46.1 Å². The molecule has 7 heteroatoms. The van der Waals surface area contributed by atoms with Gasteiger partial charge in [0, 0.05) is 36.5 Å². The second kappa shape index (κ2) is 8.34. The number of aromatic amines is 1. The van der Waals surface area contributed by atoms with Crippen LogP contribution in [0.4, 0.5) is 5.82 Å². The number of aryl methyl sites for hydroxylation is 1. The van der Waals surface area contributed by atoms with Gasteiger partial charge in [-0.25, -0.2) is 4.68 Å². The minimum atomic E-state index is 0.00779. The molecule has 2 N–H and O–H groups in total. The maximum absolute atomic E-state index is 13.0. The van der Waals surface area contributed by atoms with E-state index < -0.39 is 0 Å². The van der Waals surface area contributed by atoms with E-state index in [1.807, 2.05) is 54.6 Å². The Balaban J connectivity index is 1.40. The molecule has 0 radical (unpaired) electrons. The minimum Gasteiger partial charge on any atom is -0.351 e. The number of carbonyl (C=O) groups excluding carboxylic acids is 2. The number of nitrogens with zero attached hydrogens (tertiary/aromatic N) is 3. The number of likely N-dealkylation sites (tertiary alicyclic amines) is 1. The number of carbonyl (C=O) groups is 2. The van der Waals surface area contributed by atoms with Crippen LogP contribution in [0.1, 0.15) is 55.2 Å². The van der Waals surface area contributed by atoms with Gasteiger partial charge in [0.05, 0.1) is 12.2 Å². The summed E-state index contributed by atoms with van der Waals surface area (Å²) in [5.41, 5.74) is 2.80. The van der Waals surface area contributed by atoms with Crippen LogP contribution in [0, 0.1) is 12.8 Å². The Morgan fingerprint density at radius 2 is 1.97 bits per heavy atom. The lowest BCUT2D eigenvalue weighted by molar-refractivity contribution is -0.116. The molecule has 0 unspecified atom stereocenters. The molecule has 1 aromatic carbocycles.